The Labute approximate surface area is 214 Å². The SMILES string of the molecule is CCCC(C)NC(=O)C1N(CCCCO)C(=O)[C@@H]2[C@@H](C(=O)NCc3ccccc3)[C@]3(C)OC12CC3C. The summed E-state index contributed by atoms with van der Waals surface area (Å²) in [4.78, 5) is 42.9. The van der Waals surface area contributed by atoms with E-state index in [9.17, 15) is 19.5 Å². The van der Waals surface area contributed by atoms with Crippen LogP contribution in [0.2, 0.25) is 0 Å². The van der Waals surface area contributed by atoms with Crippen LogP contribution in [0.3, 0.4) is 0 Å². The first-order chi connectivity index (χ1) is 17.2. The lowest BCUT2D eigenvalue weighted by molar-refractivity contribution is -0.147. The number of ether oxygens (including phenoxy) is 1. The average molecular weight is 500 g/mol. The molecule has 0 aliphatic carbocycles. The summed E-state index contributed by atoms with van der Waals surface area (Å²) >= 11 is 0. The first kappa shape index (κ1) is 26.6. The molecule has 0 saturated carbocycles. The molecule has 198 valence electrons. The fourth-order valence-electron chi connectivity index (χ4n) is 6.80. The highest BCUT2D eigenvalue weighted by atomic mass is 16.5. The Morgan fingerprint density at radius 3 is 2.61 bits per heavy atom. The van der Waals surface area contributed by atoms with Gasteiger partial charge in [0.05, 0.1) is 17.4 Å². The predicted octanol–water partition coefficient (Wildman–Crippen LogP) is 2.39. The third-order valence-electron chi connectivity index (χ3n) is 8.57. The number of nitrogens with zero attached hydrogens (tertiary/aromatic N) is 1. The number of benzene rings is 1. The maximum Gasteiger partial charge on any atom is 0.246 e. The van der Waals surface area contributed by atoms with Crippen LogP contribution < -0.4 is 10.6 Å². The number of nitrogens with one attached hydrogen (secondary N) is 2. The van der Waals surface area contributed by atoms with Crippen LogP contribution >= 0.6 is 0 Å². The molecule has 36 heavy (non-hydrogen) atoms. The largest absolute Gasteiger partial charge is 0.396 e. The fourth-order valence-corrected chi connectivity index (χ4v) is 6.80. The summed E-state index contributed by atoms with van der Waals surface area (Å²) in [5.41, 5.74) is -0.880. The van der Waals surface area contributed by atoms with Crippen molar-refractivity contribution < 1.29 is 24.2 Å². The molecule has 4 rings (SSSR count). The van der Waals surface area contributed by atoms with Crippen molar-refractivity contribution in [2.45, 2.75) is 89.6 Å². The second-order valence-corrected chi connectivity index (χ2v) is 11.1. The third kappa shape index (κ3) is 4.43. The highest BCUT2D eigenvalue weighted by Crippen LogP contribution is 2.65. The van der Waals surface area contributed by atoms with E-state index in [2.05, 4.69) is 24.5 Å². The number of aliphatic hydroxyl groups is 1. The maximum atomic E-state index is 14.0. The second kappa shape index (κ2) is 10.5. The number of aliphatic hydroxyl groups excluding tert-OH is 1. The smallest absolute Gasteiger partial charge is 0.246 e. The molecule has 3 heterocycles. The zero-order valence-electron chi connectivity index (χ0n) is 22.0. The van der Waals surface area contributed by atoms with Gasteiger partial charge in [0.25, 0.3) is 0 Å². The van der Waals surface area contributed by atoms with Gasteiger partial charge in [0.15, 0.2) is 0 Å². The van der Waals surface area contributed by atoms with Gasteiger partial charge in [0.1, 0.15) is 11.6 Å². The summed E-state index contributed by atoms with van der Waals surface area (Å²) in [5, 5.41) is 15.4. The van der Waals surface area contributed by atoms with Crippen molar-refractivity contribution in [2.24, 2.45) is 17.8 Å². The quantitative estimate of drug-likeness (QED) is 0.405. The number of likely N-dealkylation sites (tertiary alicyclic amines) is 1. The molecule has 3 aliphatic rings. The van der Waals surface area contributed by atoms with Gasteiger partial charge < -0.3 is 25.4 Å². The third-order valence-corrected chi connectivity index (χ3v) is 8.57. The molecule has 0 aromatic heterocycles. The number of hydrogen-bond donors (Lipinski definition) is 3. The second-order valence-electron chi connectivity index (χ2n) is 11.1. The lowest BCUT2D eigenvalue weighted by Gasteiger charge is -2.36. The Hall–Kier alpha value is -2.45. The monoisotopic (exact) mass is 499 g/mol. The van der Waals surface area contributed by atoms with E-state index in [1.165, 1.54) is 0 Å². The number of carbonyl (C=O) groups is 3. The molecule has 3 N–H and O–H groups in total. The first-order valence-corrected chi connectivity index (χ1v) is 13.4. The summed E-state index contributed by atoms with van der Waals surface area (Å²) in [7, 11) is 0. The molecule has 0 radical (unpaired) electrons. The van der Waals surface area contributed by atoms with E-state index < -0.39 is 29.1 Å². The van der Waals surface area contributed by atoms with Gasteiger partial charge in [-0.2, -0.15) is 0 Å². The summed E-state index contributed by atoms with van der Waals surface area (Å²) in [6, 6.07) is 8.86. The standard InChI is InChI=1S/C28H41N3O5/c1-5-11-19(3)30-25(34)23-28-16-18(2)27(4,36-28)21(22(28)26(35)31(23)14-9-10-15-32)24(33)29-17-20-12-7-6-8-13-20/h6-8,12-13,18-19,21-23,32H,5,9-11,14-17H2,1-4H3,(H,29,33)(H,30,34)/t18?,19?,21-,22-,23?,27+,28?/m0/s1. The molecule has 1 spiro atoms. The van der Waals surface area contributed by atoms with Gasteiger partial charge in [-0.05, 0) is 51.0 Å². The highest BCUT2D eigenvalue weighted by molar-refractivity contribution is 5.99. The highest BCUT2D eigenvalue weighted by Gasteiger charge is 2.79. The number of unbranched alkanes of at least 4 members (excludes halogenated alkanes) is 1. The van der Waals surface area contributed by atoms with Crippen LogP contribution in [0.4, 0.5) is 0 Å². The molecular weight excluding hydrogens is 458 g/mol. The molecule has 3 amide bonds. The molecule has 1 aromatic carbocycles. The van der Waals surface area contributed by atoms with Crippen molar-refractivity contribution in [3.8, 4) is 0 Å². The van der Waals surface area contributed by atoms with E-state index >= 15 is 0 Å². The maximum absolute atomic E-state index is 14.0. The topological polar surface area (TPSA) is 108 Å². The predicted molar refractivity (Wildman–Crippen MR) is 136 cm³/mol. The van der Waals surface area contributed by atoms with Crippen molar-refractivity contribution in [3.63, 3.8) is 0 Å². The summed E-state index contributed by atoms with van der Waals surface area (Å²) < 4.78 is 6.72. The van der Waals surface area contributed by atoms with E-state index in [1.54, 1.807) is 4.90 Å². The van der Waals surface area contributed by atoms with Crippen molar-refractivity contribution in [1.82, 2.24) is 15.5 Å². The van der Waals surface area contributed by atoms with Crippen LogP contribution in [0.1, 0.15) is 65.4 Å². The molecular formula is C28H41N3O5. The minimum atomic E-state index is -1.03. The first-order valence-electron chi connectivity index (χ1n) is 13.4. The van der Waals surface area contributed by atoms with Crippen molar-refractivity contribution >= 4 is 17.7 Å². The van der Waals surface area contributed by atoms with Crippen LogP contribution in [0.15, 0.2) is 30.3 Å². The van der Waals surface area contributed by atoms with Crippen LogP contribution in [0, 0.1) is 17.8 Å². The number of amides is 3. The van der Waals surface area contributed by atoms with Gasteiger partial charge in [0, 0.05) is 25.7 Å². The van der Waals surface area contributed by atoms with Gasteiger partial charge in [-0.3, -0.25) is 14.4 Å². The Balaban J connectivity index is 1.65. The number of carbonyl (C=O) groups excluding carboxylic acids is 3. The number of hydrogen-bond acceptors (Lipinski definition) is 5. The average Bonchev–Trinajstić information content (AvgIpc) is 3.35. The molecule has 8 nitrogen and oxygen atoms in total. The number of rotatable bonds is 11. The lowest BCUT2D eigenvalue weighted by Crippen LogP contribution is -2.57. The Bertz CT molecular complexity index is 971. The Morgan fingerprint density at radius 1 is 1.22 bits per heavy atom. The van der Waals surface area contributed by atoms with Crippen LogP contribution in [0.5, 0.6) is 0 Å². The van der Waals surface area contributed by atoms with Gasteiger partial charge in [-0.1, -0.05) is 50.6 Å². The van der Waals surface area contributed by atoms with Crippen LogP contribution in [-0.4, -0.2) is 64.2 Å². The van der Waals surface area contributed by atoms with Gasteiger partial charge in [0.2, 0.25) is 17.7 Å². The Morgan fingerprint density at radius 2 is 1.94 bits per heavy atom. The zero-order chi connectivity index (χ0) is 26.1. The van der Waals surface area contributed by atoms with Crippen molar-refractivity contribution in [1.29, 1.82) is 0 Å². The van der Waals surface area contributed by atoms with Crippen molar-refractivity contribution in [3.05, 3.63) is 35.9 Å². The molecule has 3 saturated heterocycles. The summed E-state index contributed by atoms with van der Waals surface area (Å²) in [6.45, 7) is 8.77. The van der Waals surface area contributed by atoms with Crippen molar-refractivity contribution in [2.75, 3.05) is 13.2 Å². The minimum absolute atomic E-state index is 0.00906. The molecule has 7 atom stereocenters. The molecule has 3 aliphatic heterocycles. The van der Waals surface area contributed by atoms with Gasteiger partial charge in [-0.25, -0.2) is 0 Å². The fraction of sp³-hybridized carbons (Fsp3) is 0.679. The van der Waals surface area contributed by atoms with E-state index in [1.807, 2.05) is 44.2 Å². The molecule has 3 fully saturated rings. The molecule has 4 unspecified atom stereocenters. The minimum Gasteiger partial charge on any atom is -0.396 e. The molecule has 1 aromatic rings. The van der Waals surface area contributed by atoms with E-state index in [4.69, 9.17) is 4.74 Å². The van der Waals surface area contributed by atoms with E-state index in [0.29, 0.717) is 32.4 Å². The summed E-state index contributed by atoms with van der Waals surface area (Å²) in [5.74, 6) is -1.98. The van der Waals surface area contributed by atoms with Crippen LogP contribution in [0.25, 0.3) is 0 Å². The van der Waals surface area contributed by atoms with Gasteiger partial charge in [-0.15, -0.1) is 0 Å². The number of fused-ring (bicyclic) bond motifs is 1. The van der Waals surface area contributed by atoms with Gasteiger partial charge >= 0.3 is 0 Å². The lowest BCUT2D eigenvalue weighted by atomic mass is 9.62. The Kier molecular flexibility index (Phi) is 7.76. The van der Waals surface area contributed by atoms with E-state index in [0.717, 1.165) is 18.4 Å². The zero-order valence-corrected chi connectivity index (χ0v) is 22.0. The molecule has 2 bridgehead atoms. The summed E-state index contributed by atoms with van der Waals surface area (Å²) in [6.07, 6.45) is 3.45. The van der Waals surface area contributed by atoms with Crippen LogP contribution in [-0.2, 0) is 25.7 Å². The molecule has 8 heteroatoms. The normalized spacial score (nSPS) is 33.5. The van der Waals surface area contributed by atoms with E-state index in [-0.39, 0.29) is 36.3 Å².